The lowest BCUT2D eigenvalue weighted by atomic mass is 9.79. The van der Waals surface area contributed by atoms with Crippen molar-refractivity contribution >= 4 is 28.3 Å². The minimum absolute atomic E-state index is 0.0746. The molecule has 0 radical (unpaired) electrons. The lowest BCUT2D eigenvalue weighted by Crippen LogP contribution is -2.44. The van der Waals surface area contributed by atoms with Crippen LogP contribution in [0, 0.1) is 13.8 Å². The third-order valence-electron chi connectivity index (χ3n) is 5.26. The maximum atomic E-state index is 13.4. The zero-order valence-corrected chi connectivity index (χ0v) is 16.8. The van der Waals surface area contributed by atoms with E-state index in [9.17, 15) is 9.59 Å². The van der Waals surface area contributed by atoms with Crippen molar-refractivity contribution in [3.8, 4) is 0 Å². The molecule has 4 rings (SSSR count). The minimum Gasteiger partial charge on any atom is -0.334 e. The topological polar surface area (TPSA) is 62.3 Å². The number of hydrogen-bond acceptors (Lipinski definition) is 4. The van der Waals surface area contributed by atoms with Gasteiger partial charge in [0.1, 0.15) is 0 Å². The average molecular weight is 391 g/mol. The number of nitrogens with one attached hydrogen (secondary N) is 1. The van der Waals surface area contributed by atoms with Crippen LogP contribution in [-0.4, -0.2) is 28.7 Å². The average Bonchev–Trinajstić information content (AvgIpc) is 3.02. The van der Waals surface area contributed by atoms with Gasteiger partial charge in [0, 0.05) is 17.5 Å². The van der Waals surface area contributed by atoms with E-state index in [0.29, 0.717) is 10.7 Å². The number of carbonyl (C=O) groups is 2. The molecule has 1 aromatic heterocycles. The van der Waals surface area contributed by atoms with Gasteiger partial charge >= 0.3 is 0 Å². The van der Waals surface area contributed by atoms with Crippen molar-refractivity contribution in [2.75, 3.05) is 12.4 Å². The maximum absolute atomic E-state index is 13.4. The van der Waals surface area contributed by atoms with Crippen molar-refractivity contribution in [1.29, 1.82) is 0 Å². The Labute approximate surface area is 168 Å². The Hall–Kier alpha value is -2.99. The molecule has 5 nitrogen and oxygen atoms in total. The molecule has 2 aromatic carbocycles. The summed E-state index contributed by atoms with van der Waals surface area (Å²) in [4.78, 5) is 33.5. The highest BCUT2D eigenvalue weighted by molar-refractivity contribution is 7.15. The molecule has 1 aliphatic rings. The highest BCUT2D eigenvalue weighted by Gasteiger charge is 2.42. The van der Waals surface area contributed by atoms with Crippen molar-refractivity contribution in [3.05, 3.63) is 81.9 Å². The van der Waals surface area contributed by atoms with Crippen LogP contribution in [0.15, 0.2) is 54.6 Å². The van der Waals surface area contributed by atoms with E-state index in [2.05, 4.69) is 10.3 Å². The Balaban J connectivity index is 1.80. The van der Waals surface area contributed by atoms with Gasteiger partial charge in [0.2, 0.25) is 5.91 Å². The van der Waals surface area contributed by atoms with E-state index in [4.69, 9.17) is 0 Å². The van der Waals surface area contributed by atoms with E-state index in [1.807, 2.05) is 62.4 Å². The van der Waals surface area contributed by atoms with Gasteiger partial charge in [0.05, 0.1) is 17.7 Å². The molecule has 1 aliphatic heterocycles. The Morgan fingerprint density at radius 3 is 2.43 bits per heavy atom. The number of carbonyl (C=O) groups excluding carboxylic acids is 2. The van der Waals surface area contributed by atoms with Gasteiger partial charge in [-0.25, -0.2) is 4.98 Å². The maximum Gasteiger partial charge on any atom is 0.254 e. The quantitative estimate of drug-likeness (QED) is 0.724. The summed E-state index contributed by atoms with van der Waals surface area (Å²) in [5, 5.41) is 3.57. The summed E-state index contributed by atoms with van der Waals surface area (Å²) in [6, 6.07) is 16.7. The number of benzene rings is 2. The standard InChI is InChI=1S/C22H21N3O2S/c1-13-14(2)28-22(23-13)24-20(26)18-16-11-7-8-12-17(16)21(27)25(3)19(18)15-9-5-4-6-10-15/h4-12,18-19H,1-3H3,(H,23,24,26)/t18-,19+/m0/s1. The van der Waals surface area contributed by atoms with Crippen LogP contribution in [0.5, 0.6) is 0 Å². The molecule has 28 heavy (non-hydrogen) atoms. The van der Waals surface area contributed by atoms with E-state index in [0.717, 1.165) is 21.7 Å². The molecular weight excluding hydrogens is 370 g/mol. The Morgan fingerprint density at radius 2 is 1.75 bits per heavy atom. The number of thiazole rings is 1. The van der Waals surface area contributed by atoms with Gasteiger partial charge in [0.25, 0.3) is 5.91 Å². The van der Waals surface area contributed by atoms with Crippen molar-refractivity contribution < 1.29 is 9.59 Å². The molecule has 0 bridgehead atoms. The predicted molar refractivity (Wildman–Crippen MR) is 111 cm³/mol. The zero-order chi connectivity index (χ0) is 19.8. The second-order valence-corrected chi connectivity index (χ2v) is 8.19. The molecule has 2 amide bonds. The first-order valence-corrected chi connectivity index (χ1v) is 9.95. The number of aryl methyl sites for hydroxylation is 2. The minimum atomic E-state index is -0.522. The molecule has 0 saturated heterocycles. The zero-order valence-electron chi connectivity index (χ0n) is 16.0. The van der Waals surface area contributed by atoms with E-state index in [-0.39, 0.29) is 17.9 Å². The molecule has 142 valence electrons. The first-order chi connectivity index (χ1) is 13.5. The molecule has 0 spiro atoms. The smallest absolute Gasteiger partial charge is 0.254 e. The summed E-state index contributed by atoms with van der Waals surface area (Å²) in [6.07, 6.45) is 0. The molecule has 0 fully saturated rings. The van der Waals surface area contributed by atoms with Crippen molar-refractivity contribution in [2.45, 2.75) is 25.8 Å². The summed E-state index contributed by atoms with van der Waals surface area (Å²) < 4.78 is 0. The lowest BCUT2D eigenvalue weighted by Gasteiger charge is -2.39. The Morgan fingerprint density at radius 1 is 1.07 bits per heavy atom. The lowest BCUT2D eigenvalue weighted by molar-refractivity contribution is -0.119. The van der Waals surface area contributed by atoms with Crippen LogP contribution in [-0.2, 0) is 4.79 Å². The monoisotopic (exact) mass is 391 g/mol. The number of nitrogens with zero attached hydrogens (tertiary/aromatic N) is 2. The normalized spacial score (nSPS) is 18.7. The first-order valence-electron chi connectivity index (χ1n) is 9.13. The molecule has 0 aliphatic carbocycles. The van der Waals surface area contributed by atoms with Gasteiger partial charge < -0.3 is 10.2 Å². The van der Waals surface area contributed by atoms with Gasteiger partial charge in [-0.15, -0.1) is 11.3 Å². The first kappa shape index (κ1) is 18.4. The fourth-order valence-electron chi connectivity index (χ4n) is 3.73. The van der Waals surface area contributed by atoms with Gasteiger partial charge in [-0.3, -0.25) is 9.59 Å². The SMILES string of the molecule is Cc1nc(NC(=O)[C@H]2c3ccccc3C(=O)N(C)[C@@H]2c2ccccc2)sc1C. The van der Waals surface area contributed by atoms with Crippen molar-refractivity contribution in [1.82, 2.24) is 9.88 Å². The van der Waals surface area contributed by atoms with Crippen LogP contribution in [0.2, 0.25) is 0 Å². The molecule has 2 atom stereocenters. The Kier molecular flexibility index (Phi) is 4.73. The summed E-state index contributed by atoms with van der Waals surface area (Å²) in [6.45, 7) is 3.91. The highest BCUT2D eigenvalue weighted by Crippen LogP contribution is 2.42. The number of anilines is 1. The third-order valence-corrected chi connectivity index (χ3v) is 6.25. The summed E-state index contributed by atoms with van der Waals surface area (Å²) >= 11 is 1.46. The van der Waals surface area contributed by atoms with Crippen LogP contribution in [0.4, 0.5) is 5.13 Å². The molecule has 6 heteroatoms. The fourth-order valence-corrected chi connectivity index (χ4v) is 4.55. The van der Waals surface area contributed by atoms with Gasteiger partial charge in [0.15, 0.2) is 5.13 Å². The van der Waals surface area contributed by atoms with Crippen molar-refractivity contribution in [3.63, 3.8) is 0 Å². The number of amides is 2. The molecular formula is C22H21N3O2S. The predicted octanol–water partition coefficient (Wildman–Crippen LogP) is 4.31. The van der Waals surface area contributed by atoms with Crippen molar-refractivity contribution in [2.24, 2.45) is 0 Å². The molecule has 1 N–H and O–H groups in total. The summed E-state index contributed by atoms with van der Waals surface area (Å²) in [5.41, 5.74) is 3.17. The summed E-state index contributed by atoms with van der Waals surface area (Å²) in [7, 11) is 1.76. The van der Waals surface area contributed by atoms with Gasteiger partial charge in [-0.2, -0.15) is 0 Å². The molecule has 0 unspecified atom stereocenters. The van der Waals surface area contributed by atoms with Crippen LogP contribution < -0.4 is 5.32 Å². The number of aromatic nitrogens is 1. The number of fused-ring (bicyclic) bond motifs is 1. The van der Waals surface area contributed by atoms with Crippen LogP contribution in [0.1, 0.15) is 44.0 Å². The fraction of sp³-hybridized carbons (Fsp3) is 0.227. The van der Waals surface area contributed by atoms with Crippen LogP contribution in [0.3, 0.4) is 0 Å². The molecule has 2 heterocycles. The van der Waals surface area contributed by atoms with Gasteiger partial charge in [-0.1, -0.05) is 48.5 Å². The second-order valence-electron chi connectivity index (χ2n) is 6.99. The van der Waals surface area contributed by atoms with Gasteiger partial charge in [-0.05, 0) is 31.0 Å². The molecule has 3 aromatic rings. The van der Waals surface area contributed by atoms with Crippen LogP contribution in [0.25, 0.3) is 0 Å². The third kappa shape index (κ3) is 3.10. The van der Waals surface area contributed by atoms with E-state index in [1.54, 1.807) is 18.0 Å². The highest BCUT2D eigenvalue weighted by atomic mass is 32.1. The summed E-state index contributed by atoms with van der Waals surface area (Å²) in [5.74, 6) is -0.755. The second kappa shape index (κ2) is 7.20. The number of rotatable bonds is 3. The van der Waals surface area contributed by atoms with Crippen LogP contribution >= 0.6 is 11.3 Å². The number of likely N-dealkylation sites (N-methyl/N-ethyl adjacent to an activating group) is 1. The van der Waals surface area contributed by atoms with E-state index < -0.39 is 5.92 Å². The van der Waals surface area contributed by atoms with E-state index in [1.165, 1.54) is 11.3 Å². The Bertz CT molecular complexity index is 1030. The largest absolute Gasteiger partial charge is 0.334 e. The number of hydrogen-bond donors (Lipinski definition) is 1. The van der Waals surface area contributed by atoms with E-state index >= 15 is 0 Å². The molecule has 0 saturated carbocycles.